The Labute approximate surface area is 128 Å². The first kappa shape index (κ1) is 15.3. The van der Waals surface area contributed by atoms with Gasteiger partial charge in [-0.05, 0) is 25.5 Å². The van der Waals surface area contributed by atoms with Crippen molar-refractivity contribution in [2.24, 2.45) is 10.9 Å². The monoisotopic (exact) mass is 301 g/mol. The molecule has 0 saturated carbocycles. The number of hydrogen-bond acceptors (Lipinski definition) is 6. The summed E-state index contributed by atoms with van der Waals surface area (Å²) in [6, 6.07) is 5.71. The van der Waals surface area contributed by atoms with Crippen LogP contribution in [-0.2, 0) is 9.53 Å². The minimum Gasteiger partial charge on any atom is -0.465 e. The van der Waals surface area contributed by atoms with E-state index in [2.05, 4.69) is 28.7 Å². The van der Waals surface area contributed by atoms with Gasteiger partial charge < -0.3 is 4.74 Å². The molecule has 2 rings (SSSR count). The molecule has 0 aliphatic carbocycles. The number of carbonyl (C=O) groups excluding carboxylic acids is 1. The second-order valence-corrected chi connectivity index (χ2v) is 5.02. The number of nitrogens with zero attached hydrogens (tertiary/aromatic N) is 3. The zero-order chi connectivity index (χ0) is 15.4. The van der Waals surface area contributed by atoms with Crippen LogP contribution in [0.15, 0.2) is 40.1 Å². The van der Waals surface area contributed by atoms with Gasteiger partial charge >= 0.3 is 5.97 Å². The van der Waals surface area contributed by atoms with Gasteiger partial charge in [0.25, 0.3) is 0 Å². The van der Waals surface area contributed by atoms with Crippen molar-refractivity contribution in [1.82, 2.24) is 4.98 Å². The molecule has 1 aliphatic heterocycles. The molecule has 0 radical (unpaired) electrons. The van der Waals surface area contributed by atoms with Gasteiger partial charge in [0.1, 0.15) is 10.9 Å². The van der Waals surface area contributed by atoms with Crippen molar-refractivity contribution >= 4 is 24.3 Å². The summed E-state index contributed by atoms with van der Waals surface area (Å²) in [5, 5.41) is 9.75. The Morgan fingerprint density at radius 2 is 2.33 bits per heavy atom. The van der Waals surface area contributed by atoms with Crippen molar-refractivity contribution in [2.75, 3.05) is 6.61 Å². The molecule has 1 aliphatic rings. The van der Waals surface area contributed by atoms with Gasteiger partial charge in [0.15, 0.2) is 0 Å². The minimum absolute atomic E-state index is 0.279. The predicted molar refractivity (Wildman–Crippen MR) is 81.8 cm³/mol. The molecule has 2 atom stereocenters. The SMILES string of the molecule is CCOC(=O)C1C(C)=NC(S)=C(C#N)[C@@H]1c1cccnc1. The van der Waals surface area contributed by atoms with E-state index < -0.39 is 11.8 Å². The summed E-state index contributed by atoms with van der Waals surface area (Å²) in [6.45, 7) is 3.77. The molecule has 0 bridgehead atoms. The van der Waals surface area contributed by atoms with Crippen molar-refractivity contribution in [2.45, 2.75) is 19.8 Å². The molecule has 1 unspecified atom stereocenters. The lowest BCUT2D eigenvalue weighted by molar-refractivity contribution is -0.146. The second-order valence-electron chi connectivity index (χ2n) is 4.60. The number of carbonyl (C=O) groups is 1. The molecule has 5 nitrogen and oxygen atoms in total. The van der Waals surface area contributed by atoms with Gasteiger partial charge in [0, 0.05) is 24.0 Å². The standard InChI is InChI=1S/C15H15N3O2S/c1-3-20-15(19)12-9(2)18-14(21)11(7-16)13(12)10-5-4-6-17-8-10/h4-6,8,12-13,21H,3H2,1-2H3/t12?,13-/m0/s1. The first-order valence-electron chi connectivity index (χ1n) is 6.55. The van der Waals surface area contributed by atoms with Crippen LogP contribution in [0.2, 0.25) is 0 Å². The van der Waals surface area contributed by atoms with Crippen molar-refractivity contribution < 1.29 is 9.53 Å². The van der Waals surface area contributed by atoms with E-state index in [1.807, 2.05) is 6.07 Å². The van der Waals surface area contributed by atoms with Gasteiger partial charge in [-0.15, -0.1) is 12.6 Å². The molecule has 108 valence electrons. The number of allylic oxidation sites excluding steroid dienone is 1. The Morgan fingerprint density at radius 3 is 2.90 bits per heavy atom. The van der Waals surface area contributed by atoms with E-state index in [0.29, 0.717) is 16.3 Å². The largest absolute Gasteiger partial charge is 0.465 e. The molecule has 0 spiro atoms. The molecule has 2 heterocycles. The first-order chi connectivity index (χ1) is 10.1. The molecule has 0 aromatic carbocycles. The van der Waals surface area contributed by atoms with Crippen LogP contribution in [-0.4, -0.2) is 23.3 Å². The molecular weight excluding hydrogens is 286 g/mol. The molecule has 6 heteroatoms. The summed E-state index contributed by atoms with van der Waals surface area (Å²) in [7, 11) is 0. The third-order valence-corrected chi connectivity index (χ3v) is 3.66. The number of ether oxygens (including phenoxy) is 1. The maximum absolute atomic E-state index is 12.3. The fourth-order valence-corrected chi connectivity index (χ4v) is 2.77. The zero-order valence-corrected chi connectivity index (χ0v) is 12.7. The van der Waals surface area contributed by atoms with Crippen LogP contribution in [0, 0.1) is 17.2 Å². The lowest BCUT2D eigenvalue weighted by Gasteiger charge is -2.29. The Balaban J connectivity index is 2.55. The number of aliphatic imine (C=N–C) groups is 1. The van der Waals surface area contributed by atoms with Gasteiger partial charge in [-0.3, -0.25) is 9.78 Å². The van der Waals surface area contributed by atoms with E-state index in [1.54, 1.807) is 32.3 Å². The van der Waals surface area contributed by atoms with Crippen molar-refractivity contribution in [3.05, 3.63) is 40.7 Å². The van der Waals surface area contributed by atoms with Crippen LogP contribution in [0.1, 0.15) is 25.3 Å². The Kier molecular flexibility index (Phi) is 4.76. The Morgan fingerprint density at radius 1 is 1.57 bits per heavy atom. The quantitative estimate of drug-likeness (QED) is 0.687. The van der Waals surface area contributed by atoms with Crippen LogP contribution in [0.25, 0.3) is 0 Å². The van der Waals surface area contributed by atoms with Gasteiger partial charge in [0.05, 0.1) is 18.2 Å². The zero-order valence-electron chi connectivity index (χ0n) is 11.8. The van der Waals surface area contributed by atoms with E-state index in [1.165, 1.54) is 0 Å². The molecule has 0 saturated heterocycles. The van der Waals surface area contributed by atoms with Gasteiger partial charge in [-0.25, -0.2) is 4.99 Å². The van der Waals surface area contributed by atoms with Crippen LogP contribution < -0.4 is 0 Å². The highest BCUT2D eigenvalue weighted by atomic mass is 32.1. The fraction of sp³-hybridized carbons (Fsp3) is 0.333. The summed E-state index contributed by atoms with van der Waals surface area (Å²) in [5.74, 6) is -1.48. The van der Waals surface area contributed by atoms with E-state index >= 15 is 0 Å². The summed E-state index contributed by atoms with van der Waals surface area (Å²) in [5.41, 5.74) is 1.72. The van der Waals surface area contributed by atoms with Crippen LogP contribution in [0.5, 0.6) is 0 Å². The maximum atomic E-state index is 12.3. The lowest BCUT2D eigenvalue weighted by Crippen LogP contribution is -2.34. The minimum atomic E-state index is -0.625. The van der Waals surface area contributed by atoms with Gasteiger partial charge in [0.2, 0.25) is 0 Å². The number of thiol groups is 1. The third-order valence-electron chi connectivity index (χ3n) is 3.32. The molecule has 1 aromatic rings. The second kappa shape index (κ2) is 6.55. The molecule has 0 N–H and O–H groups in total. The van der Waals surface area contributed by atoms with Crippen LogP contribution >= 0.6 is 12.6 Å². The van der Waals surface area contributed by atoms with Crippen LogP contribution in [0.3, 0.4) is 0 Å². The number of rotatable bonds is 3. The normalized spacial score (nSPS) is 21.5. The molecule has 1 aromatic heterocycles. The maximum Gasteiger partial charge on any atom is 0.315 e. The summed E-state index contributed by atoms with van der Waals surface area (Å²) >= 11 is 4.26. The highest BCUT2D eigenvalue weighted by Crippen LogP contribution is 2.39. The Bertz CT molecular complexity index is 647. The summed E-state index contributed by atoms with van der Waals surface area (Å²) in [4.78, 5) is 20.6. The molecule has 0 fully saturated rings. The fourth-order valence-electron chi connectivity index (χ4n) is 2.42. The number of aromatic nitrogens is 1. The number of hydrogen-bond donors (Lipinski definition) is 1. The number of esters is 1. The highest BCUT2D eigenvalue weighted by molar-refractivity contribution is 7.84. The van der Waals surface area contributed by atoms with Gasteiger partial charge in [-0.1, -0.05) is 6.07 Å². The Hall–Kier alpha value is -2.13. The third kappa shape index (κ3) is 2.98. The number of pyridine rings is 1. The highest BCUT2D eigenvalue weighted by Gasteiger charge is 2.39. The molecule has 21 heavy (non-hydrogen) atoms. The summed E-state index contributed by atoms with van der Waals surface area (Å²) < 4.78 is 5.13. The first-order valence-corrected chi connectivity index (χ1v) is 6.99. The van der Waals surface area contributed by atoms with E-state index in [9.17, 15) is 10.1 Å². The van der Waals surface area contributed by atoms with Gasteiger partial charge in [-0.2, -0.15) is 5.26 Å². The van der Waals surface area contributed by atoms with E-state index in [-0.39, 0.29) is 12.6 Å². The smallest absolute Gasteiger partial charge is 0.315 e. The number of nitriles is 1. The van der Waals surface area contributed by atoms with E-state index in [0.717, 1.165) is 5.56 Å². The molecule has 0 amide bonds. The molecular formula is C15H15N3O2S. The predicted octanol–water partition coefficient (Wildman–Crippen LogP) is 2.48. The topological polar surface area (TPSA) is 75.3 Å². The van der Waals surface area contributed by atoms with Crippen molar-refractivity contribution in [1.29, 1.82) is 5.26 Å². The van der Waals surface area contributed by atoms with E-state index in [4.69, 9.17) is 4.74 Å². The average Bonchev–Trinajstić information content (AvgIpc) is 2.47. The van der Waals surface area contributed by atoms with Crippen LogP contribution in [0.4, 0.5) is 0 Å². The van der Waals surface area contributed by atoms with Crippen molar-refractivity contribution in [3.63, 3.8) is 0 Å². The lowest BCUT2D eigenvalue weighted by atomic mass is 9.78. The summed E-state index contributed by atoms with van der Waals surface area (Å²) in [6.07, 6.45) is 3.29. The average molecular weight is 301 g/mol. The van der Waals surface area contributed by atoms with Crippen molar-refractivity contribution in [3.8, 4) is 6.07 Å².